The van der Waals surface area contributed by atoms with Gasteiger partial charge in [-0.3, -0.25) is 9.78 Å². The summed E-state index contributed by atoms with van der Waals surface area (Å²) < 4.78 is 38.4. The van der Waals surface area contributed by atoms with Crippen LogP contribution < -0.4 is 10.7 Å². The van der Waals surface area contributed by atoms with Crippen LogP contribution in [0.3, 0.4) is 0 Å². The monoisotopic (exact) mass is 364 g/mol. The SMILES string of the molecule is CC(N1C=NN(c2ccc(-c3ccnc(C(N)=O)c3)cn2)C1)C(F)(F)F. The van der Waals surface area contributed by atoms with E-state index in [1.807, 2.05) is 0 Å². The number of hydrogen-bond donors (Lipinski definition) is 1. The van der Waals surface area contributed by atoms with Crippen molar-refractivity contribution in [2.45, 2.75) is 19.1 Å². The molecule has 2 aromatic rings. The molecule has 2 N–H and O–H groups in total. The number of halogens is 3. The Morgan fingerprint density at radius 1 is 1.23 bits per heavy atom. The summed E-state index contributed by atoms with van der Waals surface area (Å²) in [4.78, 5) is 20.4. The first-order valence-corrected chi connectivity index (χ1v) is 7.62. The van der Waals surface area contributed by atoms with E-state index < -0.39 is 18.1 Å². The lowest BCUT2D eigenvalue weighted by Gasteiger charge is -2.26. The lowest BCUT2D eigenvalue weighted by molar-refractivity contribution is -0.167. The zero-order valence-electron chi connectivity index (χ0n) is 13.7. The lowest BCUT2D eigenvalue weighted by atomic mass is 10.1. The fraction of sp³-hybridized carbons (Fsp3) is 0.250. The number of rotatable bonds is 4. The Labute approximate surface area is 146 Å². The molecule has 1 aliphatic heterocycles. The third-order valence-corrected chi connectivity index (χ3v) is 3.97. The van der Waals surface area contributed by atoms with E-state index in [9.17, 15) is 18.0 Å². The maximum Gasteiger partial charge on any atom is 0.408 e. The molecule has 10 heteroatoms. The summed E-state index contributed by atoms with van der Waals surface area (Å²) in [6, 6.07) is 4.97. The smallest absolute Gasteiger partial charge is 0.364 e. The minimum Gasteiger partial charge on any atom is -0.364 e. The molecule has 2 aromatic heterocycles. The highest BCUT2D eigenvalue weighted by molar-refractivity contribution is 5.92. The van der Waals surface area contributed by atoms with Crippen LogP contribution >= 0.6 is 0 Å². The van der Waals surface area contributed by atoms with Crippen LogP contribution in [0.25, 0.3) is 11.1 Å². The fourth-order valence-electron chi connectivity index (χ4n) is 2.35. The molecular formula is C16H15F3N6O. The zero-order valence-corrected chi connectivity index (χ0v) is 13.7. The van der Waals surface area contributed by atoms with Gasteiger partial charge in [-0.15, -0.1) is 0 Å². The molecule has 0 aromatic carbocycles. The zero-order chi connectivity index (χ0) is 18.9. The predicted octanol–water partition coefficient (Wildman–Crippen LogP) is 2.22. The quantitative estimate of drug-likeness (QED) is 0.899. The van der Waals surface area contributed by atoms with E-state index in [0.717, 1.165) is 18.2 Å². The molecule has 0 bridgehead atoms. The molecule has 136 valence electrons. The summed E-state index contributed by atoms with van der Waals surface area (Å²) in [5.41, 5.74) is 6.75. The first-order chi connectivity index (χ1) is 12.3. The van der Waals surface area contributed by atoms with Crippen molar-refractivity contribution in [1.82, 2.24) is 14.9 Å². The van der Waals surface area contributed by atoms with E-state index in [4.69, 9.17) is 5.73 Å². The van der Waals surface area contributed by atoms with Crippen molar-refractivity contribution >= 4 is 18.1 Å². The van der Waals surface area contributed by atoms with Crippen molar-refractivity contribution in [3.05, 3.63) is 42.4 Å². The molecule has 0 saturated carbocycles. The highest BCUT2D eigenvalue weighted by atomic mass is 19.4. The first kappa shape index (κ1) is 17.6. The van der Waals surface area contributed by atoms with Crippen molar-refractivity contribution < 1.29 is 18.0 Å². The Morgan fingerprint density at radius 2 is 2.00 bits per heavy atom. The third kappa shape index (κ3) is 3.58. The van der Waals surface area contributed by atoms with E-state index in [0.29, 0.717) is 16.9 Å². The second-order valence-electron chi connectivity index (χ2n) is 5.70. The number of carbonyl (C=O) groups is 1. The Bertz CT molecular complexity index is 837. The predicted molar refractivity (Wildman–Crippen MR) is 89.2 cm³/mol. The number of hydrogen-bond acceptors (Lipinski definition) is 6. The number of aromatic nitrogens is 2. The maximum atomic E-state index is 12.8. The molecular weight excluding hydrogens is 349 g/mol. The van der Waals surface area contributed by atoms with Gasteiger partial charge in [0.25, 0.3) is 5.91 Å². The van der Waals surface area contributed by atoms with Gasteiger partial charge in [-0.1, -0.05) is 0 Å². The summed E-state index contributed by atoms with van der Waals surface area (Å²) in [5, 5.41) is 5.33. The molecule has 0 radical (unpaired) electrons. The summed E-state index contributed by atoms with van der Waals surface area (Å²) in [6.45, 7) is 1.03. The molecule has 0 aliphatic carbocycles. The van der Waals surface area contributed by atoms with Crippen LogP contribution in [0.5, 0.6) is 0 Å². The van der Waals surface area contributed by atoms with Crippen molar-refractivity contribution in [3.63, 3.8) is 0 Å². The molecule has 26 heavy (non-hydrogen) atoms. The van der Waals surface area contributed by atoms with Crippen molar-refractivity contribution in [2.75, 3.05) is 11.7 Å². The number of amides is 1. The van der Waals surface area contributed by atoms with Gasteiger partial charge in [0.15, 0.2) is 5.82 Å². The van der Waals surface area contributed by atoms with Crippen molar-refractivity contribution in [2.24, 2.45) is 10.8 Å². The van der Waals surface area contributed by atoms with Crippen LogP contribution in [-0.4, -0.2) is 46.0 Å². The number of nitrogens with two attached hydrogens (primary N) is 1. The number of nitrogens with zero attached hydrogens (tertiary/aromatic N) is 5. The minimum absolute atomic E-state index is 0.0475. The number of pyridine rings is 2. The van der Waals surface area contributed by atoms with Gasteiger partial charge in [-0.25, -0.2) is 9.99 Å². The number of hydrazone groups is 1. The average Bonchev–Trinajstić information content (AvgIpc) is 3.10. The molecule has 3 heterocycles. The van der Waals surface area contributed by atoms with Gasteiger partial charge in [0.1, 0.15) is 24.7 Å². The van der Waals surface area contributed by atoms with Crippen LogP contribution in [0.15, 0.2) is 41.8 Å². The molecule has 0 spiro atoms. The number of anilines is 1. The lowest BCUT2D eigenvalue weighted by Crippen LogP contribution is -2.43. The Balaban J connectivity index is 1.74. The molecule has 1 atom stereocenters. The Kier molecular flexibility index (Phi) is 4.49. The molecule has 1 unspecified atom stereocenters. The number of carbonyl (C=O) groups excluding carboxylic acids is 1. The highest BCUT2D eigenvalue weighted by Gasteiger charge is 2.41. The minimum atomic E-state index is -4.33. The summed E-state index contributed by atoms with van der Waals surface area (Å²) in [6.07, 6.45) is -0.181. The van der Waals surface area contributed by atoms with Gasteiger partial charge in [0.2, 0.25) is 0 Å². The summed E-state index contributed by atoms with van der Waals surface area (Å²) in [7, 11) is 0. The molecule has 0 saturated heterocycles. The van der Waals surface area contributed by atoms with Crippen LogP contribution in [0.4, 0.5) is 19.0 Å². The van der Waals surface area contributed by atoms with E-state index >= 15 is 0 Å². The van der Waals surface area contributed by atoms with E-state index in [2.05, 4.69) is 15.1 Å². The Hall–Kier alpha value is -3.17. The maximum absolute atomic E-state index is 12.8. The molecule has 0 fully saturated rings. The van der Waals surface area contributed by atoms with Gasteiger partial charge in [-0.05, 0) is 36.8 Å². The second-order valence-corrected chi connectivity index (χ2v) is 5.70. The molecule has 3 rings (SSSR count). The van der Waals surface area contributed by atoms with E-state index in [-0.39, 0.29) is 12.4 Å². The van der Waals surface area contributed by atoms with E-state index in [1.54, 1.807) is 30.5 Å². The fourth-order valence-corrected chi connectivity index (χ4v) is 2.35. The van der Waals surface area contributed by atoms with Gasteiger partial charge in [-0.2, -0.15) is 18.3 Å². The topological polar surface area (TPSA) is 87.7 Å². The van der Waals surface area contributed by atoms with E-state index in [1.165, 1.54) is 11.2 Å². The third-order valence-electron chi connectivity index (χ3n) is 3.97. The van der Waals surface area contributed by atoms with Crippen molar-refractivity contribution in [1.29, 1.82) is 0 Å². The number of primary amides is 1. The first-order valence-electron chi connectivity index (χ1n) is 7.62. The van der Waals surface area contributed by atoms with Gasteiger partial charge < -0.3 is 10.6 Å². The number of alkyl halides is 3. The van der Waals surface area contributed by atoms with Gasteiger partial charge in [0.05, 0.1) is 0 Å². The van der Waals surface area contributed by atoms with Crippen molar-refractivity contribution in [3.8, 4) is 11.1 Å². The second kappa shape index (κ2) is 6.62. The highest BCUT2D eigenvalue weighted by Crippen LogP contribution is 2.27. The normalized spacial score (nSPS) is 15.4. The van der Waals surface area contributed by atoms with Gasteiger partial charge in [0, 0.05) is 18.0 Å². The average molecular weight is 364 g/mol. The standard InChI is InChI=1S/C16H15F3N6O/c1-10(16(17,18)19)24-8-23-25(9-24)14-3-2-12(7-22-14)11-4-5-21-13(6-11)15(20)26/h2-8,10H,9H2,1H3,(H2,20,26). The summed E-state index contributed by atoms with van der Waals surface area (Å²) >= 11 is 0. The van der Waals surface area contributed by atoms with Crippen LogP contribution in [0.2, 0.25) is 0 Å². The van der Waals surface area contributed by atoms with Crippen LogP contribution in [-0.2, 0) is 0 Å². The molecule has 1 aliphatic rings. The summed E-state index contributed by atoms with van der Waals surface area (Å²) in [5.74, 6) is -0.229. The van der Waals surface area contributed by atoms with Gasteiger partial charge >= 0.3 is 6.18 Å². The van der Waals surface area contributed by atoms with Crippen LogP contribution in [0, 0.1) is 0 Å². The largest absolute Gasteiger partial charge is 0.408 e. The molecule has 7 nitrogen and oxygen atoms in total. The Morgan fingerprint density at radius 3 is 2.62 bits per heavy atom. The van der Waals surface area contributed by atoms with Crippen LogP contribution in [0.1, 0.15) is 17.4 Å². The molecule has 1 amide bonds.